The molecule has 7 heteroatoms. The van der Waals surface area contributed by atoms with Gasteiger partial charge >= 0.3 is 0 Å². The third-order valence-corrected chi connectivity index (χ3v) is 7.13. The van der Waals surface area contributed by atoms with Crippen LogP contribution < -0.4 is 4.72 Å². The fourth-order valence-electron chi connectivity index (χ4n) is 2.62. The molecule has 0 radical (unpaired) electrons. The molecule has 0 saturated carbocycles. The van der Waals surface area contributed by atoms with E-state index in [4.69, 9.17) is 16.0 Å². The van der Waals surface area contributed by atoms with Crippen molar-refractivity contribution in [3.8, 4) is 11.5 Å². The molecule has 2 unspecified atom stereocenters. The normalized spacial score (nSPS) is 14.5. The number of halogens is 2. The maximum absolute atomic E-state index is 12.4. The predicted octanol–water partition coefficient (Wildman–Crippen LogP) is 6.33. The molecule has 2 aromatic carbocycles. The SMILES string of the molecule is Cc1c(Br)cccc1-c1nc2cc(C(C)NS(=O)C(C)(C)C)cc(Cl)c2o1. The van der Waals surface area contributed by atoms with Gasteiger partial charge in [0.15, 0.2) is 5.58 Å². The summed E-state index contributed by atoms with van der Waals surface area (Å²) in [5.74, 6) is 0.529. The first-order valence-electron chi connectivity index (χ1n) is 8.61. The van der Waals surface area contributed by atoms with Crippen LogP contribution in [0.1, 0.15) is 44.9 Å². The number of rotatable bonds is 4. The summed E-state index contributed by atoms with van der Waals surface area (Å²) < 4.78 is 22.1. The van der Waals surface area contributed by atoms with Crippen LogP contribution in [0.3, 0.4) is 0 Å². The van der Waals surface area contributed by atoms with Crippen molar-refractivity contribution >= 4 is 49.6 Å². The van der Waals surface area contributed by atoms with E-state index in [1.54, 1.807) is 0 Å². The molecule has 144 valence electrons. The Balaban J connectivity index is 2.00. The molecule has 0 bridgehead atoms. The summed E-state index contributed by atoms with van der Waals surface area (Å²) >= 11 is 10.00. The van der Waals surface area contributed by atoms with Gasteiger partial charge in [0.1, 0.15) is 5.52 Å². The summed E-state index contributed by atoms with van der Waals surface area (Å²) in [6.45, 7) is 9.77. The summed E-state index contributed by atoms with van der Waals surface area (Å²) in [6.07, 6.45) is 0. The lowest BCUT2D eigenvalue weighted by atomic mass is 10.1. The van der Waals surface area contributed by atoms with Crippen LogP contribution in [0.4, 0.5) is 0 Å². The number of fused-ring (bicyclic) bond motifs is 1. The van der Waals surface area contributed by atoms with E-state index in [2.05, 4.69) is 25.6 Å². The molecule has 3 aromatic rings. The average Bonchev–Trinajstić information content (AvgIpc) is 3.00. The van der Waals surface area contributed by atoms with Gasteiger partial charge in [0.25, 0.3) is 0 Å². The van der Waals surface area contributed by atoms with E-state index in [-0.39, 0.29) is 10.8 Å². The van der Waals surface area contributed by atoms with Gasteiger partial charge in [-0.3, -0.25) is 0 Å². The Morgan fingerprint density at radius 1 is 1.30 bits per heavy atom. The molecule has 1 heterocycles. The van der Waals surface area contributed by atoms with Crippen molar-refractivity contribution in [3.63, 3.8) is 0 Å². The van der Waals surface area contributed by atoms with Gasteiger partial charge in [0.2, 0.25) is 5.89 Å². The van der Waals surface area contributed by atoms with Crippen LogP contribution in [0.15, 0.2) is 39.2 Å². The maximum Gasteiger partial charge on any atom is 0.227 e. The minimum atomic E-state index is -1.18. The molecular formula is C20H22BrClN2O2S. The van der Waals surface area contributed by atoms with E-state index in [1.165, 1.54) is 0 Å². The number of hydrogen-bond donors (Lipinski definition) is 1. The summed E-state index contributed by atoms with van der Waals surface area (Å²) in [5.41, 5.74) is 4.12. The van der Waals surface area contributed by atoms with Crippen LogP contribution in [0.5, 0.6) is 0 Å². The minimum Gasteiger partial charge on any atom is -0.434 e. The topological polar surface area (TPSA) is 55.1 Å². The van der Waals surface area contributed by atoms with Crippen LogP contribution >= 0.6 is 27.5 Å². The highest BCUT2D eigenvalue weighted by molar-refractivity contribution is 9.10. The van der Waals surface area contributed by atoms with Crippen molar-refractivity contribution in [2.24, 2.45) is 0 Å². The van der Waals surface area contributed by atoms with Crippen molar-refractivity contribution in [1.82, 2.24) is 9.71 Å². The van der Waals surface area contributed by atoms with Crippen LogP contribution in [0, 0.1) is 6.92 Å². The van der Waals surface area contributed by atoms with Gasteiger partial charge in [-0.1, -0.05) is 33.6 Å². The van der Waals surface area contributed by atoms with Crippen molar-refractivity contribution in [2.75, 3.05) is 0 Å². The van der Waals surface area contributed by atoms with Crippen LogP contribution in [-0.2, 0) is 11.0 Å². The van der Waals surface area contributed by atoms with E-state index in [0.717, 1.165) is 21.2 Å². The zero-order valence-corrected chi connectivity index (χ0v) is 19.1. The van der Waals surface area contributed by atoms with E-state index in [0.29, 0.717) is 22.0 Å². The van der Waals surface area contributed by atoms with E-state index < -0.39 is 11.0 Å². The second-order valence-electron chi connectivity index (χ2n) is 7.50. The number of nitrogens with one attached hydrogen (secondary N) is 1. The highest BCUT2D eigenvalue weighted by Gasteiger charge is 2.23. The summed E-state index contributed by atoms with van der Waals surface area (Å²) in [4.78, 5) is 4.64. The smallest absolute Gasteiger partial charge is 0.227 e. The molecule has 4 nitrogen and oxygen atoms in total. The number of hydrogen-bond acceptors (Lipinski definition) is 3. The first-order chi connectivity index (χ1) is 12.6. The standard InChI is InChI=1S/C20H22BrClN2O2S/c1-11-14(7-6-8-15(11)21)19-23-17-10-13(9-16(22)18(17)26-19)12(2)24-27(25)20(3,4)5/h6-10,12,24H,1-5H3. The van der Waals surface area contributed by atoms with Crippen LogP contribution in [-0.4, -0.2) is 13.9 Å². The van der Waals surface area contributed by atoms with Gasteiger partial charge in [-0.05, 0) is 70.0 Å². The zero-order valence-electron chi connectivity index (χ0n) is 15.9. The Morgan fingerprint density at radius 2 is 2.00 bits per heavy atom. The predicted molar refractivity (Wildman–Crippen MR) is 116 cm³/mol. The lowest BCUT2D eigenvalue weighted by Crippen LogP contribution is -2.34. The monoisotopic (exact) mass is 468 g/mol. The van der Waals surface area contributed by atoms with Crippen molar-refractivity contribution in [1.29, 1.82) is 0 Å². The van der Waals surface area contributed by atoms with E-state index in [1.807, 2.05) is 65.0 Å². The van der Waals surface area contributed by atoms with Gasteiger partial charge < -0.3 is 4.42 Å². The van der Waals surface area contributed by atoms with Gasteiger partial charge in [-0.2, -0.15) is 0 Å². The number of benzene rings is 2. The van der Waals surface area contributed by atoms with E-state index in [9.17, 15) is 4.21 Å². The Morgan fingerprint density at radius 3 is 2.67 bits per heavy atom. The highest BCUT2D eigenvalue weighted by atomic mass is 79.9. The average molecular weight is 470 g/mol. The molecule has 1 aromatic heterocycles. The van der Waals surface area contributed by atoms with Gasteiger partial charge in [-0.25, -0.2) is 13.9 Å². The molecule has 0 saturated heterocycles. The van der Waals surface area contributed by atoms with Crippen LogP contribution in [0.2, 0.25) is 5.02 Å². The second kappa shape index (κ2) is 7.66. The van der Waals surface area contributed by atoms with Crippen molar-refractivity contribution in [3.05, 3.63) is 51.0 Å². The Bertz CT molecular complexity index is 1030. The van der Waals surface area contributed by atoms with Gasteiger partial charge in [0, 0.05) is 16.1 Å². The first kappa shape index (κ1) is 20.5. The Kier molecular flexibility index (Phi) is 5.82. The van der Waals surface area contributed by atoms with E-state index >= 15 is 0 Å². The molecule has 0 fully saturated rings. The molecular weight excluding hydrogens is 448 g/mol. The quantitative estimate of drug-likeness (QED) is 0.485. The lowest BCUT2D eigenvalue weighted by Gasteiger charge is -2.22. The maximum atomic E-state index is 12.4. The number of nitrogens with zero attached hydrogens (tertiary/aromatic N) is 1. The van der Waals surface area contributed by atoms with Crippen molar-refractivity contribution in [2.45, 2.75) is 45.4 Å². The first-order valence-corrected chi connectivity index (χ1v) is 10.9. The zero-order chi connectivity index (χ0) is 19.9. The largest absolute Gasteiger partial charge is 0.434 e. The minimum absolute atomic E-state index is 0.139. The molecule has 1 N–H and O–H groups in total. The molecule has 0 aliphatic heterocycles. The Hall–Kier alpha value is -1.21. The molecule has 2 atom stereocenters. The third-order valence-electron chi connectivity index (χ3n) is 4.31. The second-order valence-corrected chi connectivity index (χ2v) is 10.8. The fraction of sp³-hybridized carbons (Fsp3) is 0.350. The summed E-state index contributed by atoms with van der Waals surface area (Å²) in [6, 6.07) is 9.52. The molecule has 0 aliphatic rings. The fourth-order valence-corrected chi connectivity index (χ4v) is 4.06. The summed E-state index contributed by atoms with van der Waals surface area (Å²) in [7, 11) is -1.18. The number of aromatic nitrogens is 1. The molecule has 3 rings (SSSR count). The van der Waals surface area contributed by atoms with Crippen molar-refractivity contribution < 1.29 is 8.63 Å². The molecule has 0 amide bonds. The molecule has 27 heavy (non-hydrogen) atoms. The Labute approximate surface area is 175 Å². The molecule has 0 spiro atoms. The number of oxazole rings is 1. The highest BCUT2D eigenvalue weighted by Crippen LogP contribution is 2.34. The summed E-state index contributed by atoms with van der Waals surface area (Å²) in [5, 5.41) is 0.490. The molecule has 0 aliphatic carbocycles. The third kappa shape index (κ3) is 4.29. The van der Waals surface area contributed by atoms with Crippen LogP contribution in [0.25, 0.3) is 22.6 Å². The van der Waals surface area contributed by atoms with Gasteiger partial charge in [0.05, 0.1) is 20.8 Å². The lowest BCUT2D eigenvalue weighted by molar-refractivity contribution is 0.615. The van der Waals surface area contributed by atoms with Gasteiger partial charge in [-0.15, -0.1) is 0 Å².